The molecule has 0 amide bonds. The molecule has 0 nitrogen and oxygen atoms in total. The monoisotopic (exact) mass is 494 g/mol. The summed E-state index contributed by atoms with van der Waals surface area (Å²) in [6.45, 7) is 0. The molecule has 0 N–H and O–H groups in total. The molecule has 10 heteroatoms. The van der Waals surface area contributed by atoms with Crippen molar-refractivity contribution in [2.75, 3.05) is 0 Å². The minimum atomic E-state index is -1.26. The van der Waals surface area contributed by atoms with Gasteiger partial charge in [-0.15, -0.1) is 116 Å². The molecule has 0 aromatic carbocycles. The third-order valence-electron chi connectivity index (χ3n) is 4.33. The third kappa shape index (κ3) is 3.57. The fourth-order valence-corrected chi connectivity index (χ4v) is 8.11. The van der Waals surface area contributed by atoms with E-state index < -0.39 is 40.9 Å². The van der Waals surface area contributed by atoms with Crippen molar-refractivity contribution in [1.82, 2.24) is 0 Å². The van der Waals surface area contributed by atoms with Crippen LogP contribution in [0.15, 0.2) is 0 Å². The van der Waals surface area contributed by atoms with Gasteiger partial charge in [-0.05, 0) is 12.8 Å². The number of rotatable bonds is 5. The molecule has 1 fully saturated rings. The highest BCUT2D eigenvalue weighted by molar-refractivity contribution is 6.52. The summed E-state index contributed by atoms with van der Waals surface area (Å²) in [5.74, 6) is -0.463. The van der Waals surface area contributed by atoms with Crippen LogP contribution in [0.1, 0.15) is 19.3 Å². The second-order valence-electron chi connectivity index (χ2n) is 5.01. The first kappa shape index (κ1) is 21.9. The van der Waals surface area contributed by atoms with Crippen LogP contribution in [0.4, 0.5) is 0 Å². The molecule has 0 aromatic rings. The fourth-order valence-electron chi connectivity index (χ4n) is 3.27. The molecule has 21 heavy (non-hydrogen) atoms. The molecule has 1 atom stereocenters. The molecule has 0 aromatic heterocycles. The Labute approximate surface area is 174 Å². The average Bonchev–Trinajstić information content (AvgIpc) is 2.35. The van der Waals surface area contributed by atoms with Crippen molar-refractivity contribution < 1.29 is 0 Å². The molecule has 1 saturated carbocycles. The SMILES string of the molecule is ClC(Cl)C1CCCC(C(Cl)Cl)(C(Cl)Cl)C1(C(Cl)Cl)C(Cl)Cl. The molecular weight excluding hydrogens is 487 g/mol. The van der Waals surface area contributed by atoms with Crippen LogP contribution in [0.5, 0.6) is 0 Å². The van der Waals surface area contributed by atoms with E-state index in [0.717, 1.165) is 0 Å². The first-order chi connectivity index (χ1) is 9.56. The van der Waals surface area contributed by atoms with Crippen LogP contribution in [0.2, 0.25) is 0 Å². The lowest BCUT2D eigenvalue weighted by Gasteiger charge is -2.60. The number of halogens is 10. The highest BCUT2D eigenvalue weighted by Gasteiger charge is 2.69. The third-order valence-corrected chi connectivity index (χ3v) is 7.94. The average molecular weight is 499 g/mol. The first-order valence-corrected chi connectivity index (χ1v) is 10.3. The molecule has 1 unspecified atom stereocenters. The van der Waals surface area contributed by atoms with E-state index in [4.69, 9.17) is 116 Å². The zero-order valence-corrected chi connectivity index (χ0v) is 17.9. The van der Waals surface area contributed by atoms with Crippen LogP contribution < -0.4 is 0 Å². The Balaban J connectivity index is 3.65. The maximum atomic E-state index is 6.26. The van der Waals surface area contributed by atoms with Gasteiger partial charge in [-0.25, -0.2) is 0 Å². The molecular formula is C11H12Cl10. The van der Waals surface area contributed by atoms with Crippen molar-refractivity contribution >= 4 is 116 Å². The Morgan fingerprint density at radius 2 is 1.10 bits per heavy atom. The van der Waals surface area contributed by atoms with E-state index in [0.29, 0.717) is 19.3 Å². The highest BCUT2D eigenvalue weighted by atomic mass is 35.5. The Morgan fingerprint density at radius 1 is 0.667 bits per heavy atom. The van der Waals surface area contributed by atoms with Crippen molar-refractivity contribution in [3.05, 3.63) is 0 Å². The molecule has 0 aliphatic heterocycles. The normalized spacial score (nSPS) is 25.6. The van der Waals surface area contributed by atoms with E-state index in [1.165, 1.54) is 0 Å². The van der Waals surface area contributed by atoms with Crippen LogP contribution in [0.25, 0.3) is 0 Å². The Hall–Kier alpha value is 2.90. The number of alkyl halides is 10. The maximum Gasteiger partial charge on any atom is 0.117 e. The van der Waals surface area contributed by atoms with E-state index in [9.17, 15) is 0 Å². The van der Waals surface area contributed by atoms with Gasteiger partial charge >= 0.3 is 0 Å². The van der Waals surface area contributed by atoms with Crippen LogP contribution >= 0.6 is 116 Å². The van der Waals surface area contributed by atoms with Crippen LogP contribution in [0, 0.1) is 16.7 Å². The lowest BCUT2D eigenvalue weighted by atomic mass is 9.54. The van der Waals surface area contributed by atoms with E-state index in [-0.39, 0.29) is 0 Å². The molecule has 1 aliphatic rings. The van der Waals surface area contributed by atoms with Crippen molar-refractivity contribution in [2.45, 2.75) is 43.4 Å². The second kappa shape index (κ2) is 8.52. The van der Waals surface area contributed by atoms with E-state index in [1.807, 2.05) is 0 Å². The predicted molar refractivity (Wildman–Crippen MR) is 99.7 cm³/mol. The smallest absolute Gasteiger partial charge is 0.105 e. The molecule has 1 rings (SSSR count). The van der Waals surface area contributed by atoms with Gasteiger partial charge in [0.2, 0.25) is 0 Å². The highest BCUT2D eigenvalue weighted by Crippen LogP contribution is 2.69. The van der Waals surface area contributed by atoms with Gasteiger partial charge in [0, 0.05) is 16.7 Å². The minimum Gasteiger partial charge on any atom is -0.105 e. The zero-order chi connectivity index (χ0) is 16.6. The van der Waals surface area contributed by atoms with Gasteiger partial charge in [0.05, 0.1) is 0 Å². The van der Waals surface area contributed by atoms with Gasteiger partial charge in [0.15, 0.2) is 0 Å². The minimum absolute atomic E-state index is 0.450. The summed E-state index contributed by atoms with van der Waals surface area (Å²) < 4.78 is 0. The quantitative estimate of drug-likeness (QED) is 0.340. The molecule has 0 spiro atoms. The standard InChI is InChI=1S/C11H12Cl10/c12-5(13)4-2-1-3-10(6(14)15,7(16)17)11(4,8(18)19)9(20)21/h4-9H,1-3H2. The summed E-state index contributed by atoms with van der Waals surface area (Å²) in [6.07, 6.45) is 1.74. The maximum absolute atomic E-state index is 6.26. The number of hydrogen-bond donors (Lipinski definition) is 0. The zero-order valence-electron chi connectivity index (χ0n) is 10.4. The topological polar surface area (TPSA) is 0 Å². The summed E-state index contributed by atoms with van der Waals surface area (Å²) in [5, 5.41) is 0. The van der Waals surface area contributed by atoms with Crippen molar-refractivity contribution in [3.63, 3.8) is 0 Å². The predicted octanol–water partition coefficient (Wildman–Crippen LogP) is 7.78. The van der Waals surface area contributed by atoms with Crippen molar-refractivity contribution in [2.24, 2.45) is 16.7 Å². The summed E-state index contributed by atoms with van der Waals surface area (Å²) in [4.78, 5) is -4.98. The van der Waals surface area contributed by atoms with Gasteiger partial charge in [0.1, 0.15) is 24.2 Å². The number of hydrogen-bond acceptors (Lipinski definition) is 0. The van der Waals surface area contributed by atoms with Gasteiger partial charge in [-0.3, -0.25) is 0 Å². The first-order valence-electron chi connectivity index (χ1n) is 5.97. The molecule has 126 valence electrons. The summed E-state index contributed by atoms with van der Waals surface area (Å²) in [5.41, 5.74) is -2.40. The Bertz CT molecular complexity index is 324. The molecule has 0 heterocycles. The van der Waals surface area contributed by atoms with Gasteiger partial charge in [0.25, 0.3) is 0 Å². The van der Waals surface area contributed by atoms with Crippen molar-refractivity contribution in [1.29, 1.82) is 0 Å². The molecule has 1 aliphatic carbocycles. The largest absolute Gasteiger partial charge is 0.117 e. The Morgan fingerprint density at radius 3 is 1.38 bits per heavy atom. The van der Waals surface area contributed by atoms with Crippen LogP contribution in [0.3, 0.4) is 0 Å². The summed E-state index contributed by atoms with van der Waals surface area (Å²) in [7, 11) is 0. The fraction of sp³-hybridized carbons (Fsp3) is 1.00. The molecule has 0 bridgehead atoms. The van der Waals surface area contributed by atoms with Crippen LogP contribution in [-0.2, 0) is 0 Å². The summed E-state index contributed by atoms with van der Waals surface area (Å²) >= 11 is 62.2. The van der Waals surface area contributed by atoms with E-state index >= 15 is 0 Å². The lowest BCUT2D eigenvalue weighted by molar-refractivity contribution is -0.0218. The second-order valence-corrected chi connectivity index (χ2v) is 10.6. The van der Waals surface area contributed by atoms with Gasteiger partial charge in [-0.1, -0.05) is 6.42 Å². The van der Waals surface area contributed by atoms with Crippen molar-refractivity contribution in [3.8, 4) is 0 Å². The summed E-state index contributed by atoms with van der Waals surface area (Å²) in [6, 6.07) is 0. The molecule has 0 radical (unpaired) electrons. The van der Waals surface area contributed by atoms with Crippen LogP contribution in [-0.4, -0.2) is 24.2 Å². The van der Waals surface area contributed by atoms with E-state index in [1.54, 1.807) is 0 Å². The van der Waals surface area contributed by atoms with Gasteiger partial charge in [-0.2, -0.15) is 0 Å². The van der Waals surface area contributed by atoms with Gasteiger partial charge < -0.3 is 0 Å². The Kier molecular flexibility index (Phi) is 8.90. The van der Waals surface area contributed by atoms with E-state index in [2.05, 4.69) is 0 Å². The lowest BCUT2D eigenvalue weighted by Crippen LogP contribution is -2.64. The molecule has 0 saturated heterocycles.